The van der Waals surface area contributed by atoms with Crippen LogP contribution in [-0.2, 0) is 9.53 Å². The Kier molecular flexibility index (Phi) is 8.38. The van der Waals surface area contributed by atoms with Gasteiger partial charge in [-0.2, -0.15) is 0 Å². The van der Waals surface area contributed by atoms with E-state index in [9.17, 15) is 14.4 Å². The van der Waals surface area contributed by atoms with Crippen LogP contribution >= 0.6 is 15.9 Å². The van der Waals surface area contributed by atoms with Crippen LogP contribution in [0.5, 0.6) is 5.75 Å². The second kappa shape index (κ2) is 11.4. The molecule has 0 aliphatic heterocycles. The van der Waals surface area contributed by atoms with Gasteiger partial charge in [0.15, 0.2) is 18.2 Å². The number of nitrogens with one attached hydrogen (secondary N) is 1. The first-order valence-corrected chi connectivity index (χ1v) is 11.1. The number of hydrogen-bond acceptors (Lipinski definition) is 6. The maximum Gasteiger partial charge on any atom is 0.329 e. The molecular weight excluding hydrogens is 486 g/mol. The lowest BCUT2D eigenvalue weighted by Crippen LogP contribution is -2.35. The number of hydrogen-bond donors (Lipinski definition) is 1. The summed E-state index contributed by atoms with van der Waals surface area (Å²) in [5.74, 6) is -0.724. The van der Waals surface area contributed by atoms with Crippen molar-refractivity contribution >= 4 is 39.2 Å². The third-order valence-electron chi connectivity index (χ3n) is 5.03. The maximum atomic E-state index is 12.9. The van der Waals surface area contributed by atoms with Crippen LogP contribution in [-0.4, -0.2) is 37.3 Å². The monoisotopic (exact) mass is 509 g/mol. The number of methoxy groups -OCH3 is 1. The number of ether oxygens (including phenoxy) is 2. The Morgan fingerprint density at radius 3 is 2.33 bits per heavy atom. The largest absolute Gasteiger partial charge is 0.497 e. The second-order valence-corrected chi connectivity index (χ2v) is 8.33. The van der Waals surface area contributed by atoms with E-state index in [1.807, 2.05) is 31.2 Å². The molecule has 3 aromatic carbocycles. The summed E-state index contributed by atoms with van der Waals surface area (Å²) in [6.45, 7) is 1.45. The van der Waals surface area contributed by atoms with Crippen LogP contribution in [0.1, 0.15) is 32.7 Å². The molecule has 6 nitrogen and oxygen atoms in total. The molecule has 0 saturated carbocycles. The van der Waals surface area contributed by atoms with Crippen LogP contribution in [0.15, 0.2) is 77.3 Å². The summed E-state index contributed by atoms with van der Waals surface area (Å²) < 4.78 is 11.3. The van der Waals surface area contributed by atoms with Crippen molar-refractivity contribution in [1.29, 1.82) is 0 Å². The number of carbonyl (C=O) groups excluding carboxylic acids is 3. The molecule has 0 radical (unpaired) electrons. The van der Waals surface area contributed by atoms with E-state index in [0.717, 1.165) is 10.0 Å². The predicted molar refractivity (Wildman–Crippen MR) is 130 cm³/mol. The zero-order valence-corrected chi connectivity index (χ0v) is 19.9. The molecule has 3 aromatic rings. The molecule has 1 atom stereocenters. The van der Waals surface area contributed by atoms with Crippen LogP contribution < -0.4 is 10.1 Å². The fraction of sp³-hybridized carbons (Fsp3) is 0.192. The number of halogens is 1. The molecule has 0 heterocycles. The average molecular weight is 510 g/mol. The fourth-order valence-electron chi connectivity index (χ4n) is 3.21. The second-order valence-electron chi connectivity index (χ2n) is 7.41. The van der Waals surface area contributed by atoms with Crippen LogP contribution in [0.3, 0.4) is 0 Å². The Hall–Kier alpha value is -3.45. The highest BCUT2D eigenvalue weighted by atomic mass is 79.9. The first kappa shape index (κ1) is 24.2. The number of Topliss-reactive ketones (excluding diaryl/α,β-unsaturated/α-hetero) is 2. The minimum absolute atomic E-state index is 0.119. The number of anilines is 1. The molecule has 0 amide bonds. The summed E-state index contributed by atoms with van der Waals surface area (Å²) >= 11 is 3.42. The van der Waals surface area contributed by atoms with E-state index in [4.69, 9.17) is 9.47 Å². The van der Waals surface area contributed by atoms with Crippen molar-refractivity contribution in [2.24, 2.45) is 0 Å². The van der Waals surface area contributed by atoms with Crippen molar-refractivity contribution in [2.75, 3.05) is 19.0 Å². The molecular formula is C26H24BrNO5. The molecule has 3 rings (SSSR count). The Balaban J connectivity index is 1.74. The molecule has 1 unspecified atom stereocenters. The molecule has 7 heteroatoms. The zero-order chi connectivity index (χ0) is 23.8. The molecule has 170 valence electrons. The van der Waals surface area contributed by atoms with Crippen LogP contribution in [0.2, 0.25) is 0 Å². The molecule has 33 heavy (non-hydrogen) atoms. The molecule has 0 spiro atoms. The van der Waals surface area contributed by atoms with Gasteiger partial charge in [0.25, 0.3) is 0 Å². The average Bonchev–Trinajstić information content (AvgIpc) is 2.83. The predicted octanol–water partition coefficient (Wildman–Crippen LogP) is 5.25. The minimum atomic E-state index is -0.962. The normalized spacial score (nSPS) is 11.4. The van der Waals surface area contributed by atoms with Gasteiger partial charge >= 0.3 is 5.97 Å². The van der Waals surface area contributed by atoms with Gasteiger partial charge in [0.2, 0.25) is 0 Å². The third-order valence-corrected chi connectivity index (χ3v) is 5.52. The molecule has 0 aliphatic carbocycles. The first-order valence-electron chi connectivity index (χ1n) is 10.3. The van der Waals surface area contributed by atoms with E-state index in [1.165, 1.54) is 7.11 Å². The SMILES string of the molecule is COc1cccc(C(=O)COC(=O)C(CC(=O)c2ccccc2)Nc2ccc(Br)cc2C)c1. The third kappa shape index (κ3) is 6.76. The summed E-state index contributed by atoms with van der Waals surface area (Å²) in [6.07, 6.45) is -0.119. The standard InChI is InChI=1S/C26H24BrNO5/c1-17-13-20(27)11-12-22(17)28-23(15-24(29)18-7-4-3-5-8-18)26(31)33-16-25(30)19-9-6-10-21(14-19)32-2/h3-14,23,28H,15-16H2,1-2H3. The van der Waals surface area contributed by atoms with E-state index in [0.29, 0.717) is 22.6 Å². The summed E-state index contributed by atoms with van der Waals surface area (Å²) in [7, 11) is 1.51. The number of carbonyl (C=O) groups is 3. The summed E-state index contributed by atoms with van der Waals surface area (Å²) in [5.41, 5.74) is 2.45. The maximum absolute atomic E-state index is 12.9. The zero-order valence-electron chi connectivity index (χ0n) is 18.3. The lowest BCUT2D eigenvalue weighted by molar-refractivity contribution is -0.143. The first-order chi connectivity index (χ1) is 15.9. The Morgan fingerprint density at radius 2 is 1.64 bits per heavy atom. The van der Waals surface area contributed by atoms with Gasteiger partial charge < -0.3 is 14.8 Å². The fourth-order valence-corrected chi connectivity index (χ4v) is 3.69. The van der Waals surface area contributed by atoms with Crippen LogP contribution in [0.25, 0.3) is 0 Å². The van der Waals surface area contributed by atoms with Gasteiger partial charge in [-0.25, -0.2) is 4.79 Å². The minimum Gasteiger partial charge on any atom is -0.497 e. The van der Waals surface area contributed by atoms with E-state index in [-0.39, 0.29) is 18.0 Å². The molecule has 0 saturated heterocycles. The van der Waals surface area contributed by atoms with Gasteiger partial charge in [-0.15, -0.1) is 0 Å². The van der Waals surface area contributed by atoms with Gasteiger partial charge in [-0.3, -0.25) is 9.59 Å². The highest BCUT2D eigenvalue weighted by Crippen LogP contribution is 2.22. The summed E-state index contributed by atoms with van der Waals surface area (Å²) in [6, 6.07) is 19.9. The van der Waals surface area contributed by atoms with Gasteiger partial charge in [0, 0.05) is 27.7 Å². The number of benzene rings is 3. The van der Waals surface area contributed by atoms with E-state index in [1.54, 1.807) is 48.5 Å². The molecule has 0 bridgehead atoms. The van der Waals surface area contributed by atoms with Crippen molar-refractivity contribution < 1.29 is 23.9 Å². The number of rotatable bonds is 10. The van der Waals surface area contributed by atoms with Crippen LogP contribution in [0, 0.1) is 6.92 Å². The van der Waals surface area contributed by atoms with E-state index < -0.39 is 18.6 Å². The van der Waals surface area contributed by atoms with Gasteiger partial charge in [0.05, 0.1) is 7.11 Å². The Bertz CT molecular complexity index is 1150. The van der Waals surface area contributed by atoms with E-state index in [2.05, 4.69) is 21.2 Å². The summed E-state index contributed by atoms with van der Waals surface area (Å²) in [5, 5.41) is 3.11. The van der Waals surface area contributed by atoms with Crippen molar-refractivity contribution in [3.8, 4) is 5.75 Å². The molecule has 0 aliphatic rings. The van der Waals surface area contributed by atoms with Crippen molar-refractivity contribution in [2.45, 2.75) is 19.4 Å². The Morgan fingerprint density at radius 1 is 0.909 bits per heavy atom. The van der Waals surface area contributed by atoms with Crippen molar-refractivity contribution in [1.82, 2.24) is 0 Å². The highest BCUT2D eigenvalue weighted by molar-refractivity contribution is 9.10. The van der Waals surface area contributed by atoms with Gasteiger partial charge in [-0.05, 0) is 42.8 Å². The number of aryl methyl sites for hydroxylation is 1. The molecule has 1 N–H and O–H groups in total. The summed E-state index contributed by atoms with van der Waals surface area (Å²) in [4.78, 5) is 38.2. The molecule has 0 aromatic heterocycles. The number of esters is 1. The lowest BCUT2D eigenvalue weighted by atomic mass is 10.0. The lowest BCUT2D eigenvalue weighted by Gasteiger charge is -2.20. The van der Waals surface area contributed by atoms with Crippen LogP contribution in [0.4, 0.5) is 5.69 Å². The van der Waals surface area contributed by atoms with Gasteiger partial charge in [0.1, 0.15) is 11.8 Å². The molecule has 0 fully saturated rings. The van der Waals surface area contributed by atoms with E-state index >= 15 is 0 Å². The van der Waals surface area contributed by atoms with Gasteiger partial charge in [-0.1, -0.05) is 58.4 Å². The highest BCUT2D eigenvalue weighted by Gasteiger charge is 2.25. The smallest absolute Gasteiger partial charge is 0.329 e. The van der Waals surface area contributed by atoms with Crippen molar-refractivity contribution in [3.63, 3.8) is 0 Å². The van der Waals surface area contributed by atoms with Crippen molar-refractivity contribution in [3.05, 3.63) is 94.0 Å². The topological polar surface area (TPSA) is 81.7 Å². The number of ketones is 2. The quantitative estimate of drug-likeness (QED) is 0.297. The Labute approximate surface area is 201 Å².